The largest absolute Gasteiger partial charge is 0.296 e. The second-order valence-corrected chi connectivity index (χ2v) is 9.01. The van der Waals surface area contributed by atoms with Crippen LogP contribution < -0.4 is 0 Å². The molecular formula is C24H22F4O3S. The molecule has 8 heteroatoms. The predicted octanol–water partition coefficient (Wildman–Crippen LogP) is 6.00. The average Bonchev–Trinajstić information content (AvgIpc) is 2.77. The van der Waals surface area contributed by atoms with Crippen molar-refractivity contribution >= 4 is 10.1 Å². The van der Waals surface area contributed by atoms with Gasteiger partial charge in [0, 0.05) is 6.42 Å². The van der Waals surface area contributed by atoms with Crippen molar-refractivity contribution in [2.75, 3.05) is 6.61 Å². The highest BCUT2D eigenvalue weighted by Crippen LogP contribution is 2.28. The van der Waals surface area contributed by atoms with E-state index in [0.29, 0.717) is 18.4 Å². The van der Waals surface area contributed by atoms with Gasteiger partial charge in [-0.3, -0.25) is 4.18 Å². The SMILES string of the molecule is Cc1ccc(S(=O)(=O)OCCCc2ccccc2C(F)Cc2ccc(F)c(F)c2F)cc1. The van der Waals surface area contributed by atoms with E-state index in [2.05, 4.69) is 0 Å². The molecule has 32 heavy (non-hydrogen) atoms. The fourth-order valence-corrected chi connectivity index (χ4v) is 4.24. The van der Waals surface area contributed by atoms with Crippen LogP contribution in [0.5, 0.6) is 0 Å². The van der Waals surface area contributed by atoms with Crippen molar-refractivity contribution < 1.29 is 30.2 Å². The van der Waals surface area contributed by atoms with E-state index in [1.54, 1.807) is 30.3 Å². The lowest BCUT2D eigenvalue weighted by atomic mass is 9.95. The summed E-state index contributed by atoms with van der Waals surface area (Å²) in [5.41, 5.74) is 1.53. The van der Waals surface area contributed by atoms with E-state index in [1.807, 2.05) is 6.92 Å². The lowest BCUT2D eigenvalue weighted by Crippen LogP contribution is -2.09. The summed E-state index contributed by atoms with van der Waals surface area (Å²) >= 11 is 0. The molecular weight excluding hydrogens is 444 g/mol. The van der Waals surface area contributed by atoms with Gasteiger partial charge in [0.2, 0.25) is 0 Å². The Balaban J connectivity index is 1.63. The first-order valence-corrected chi connectivity index (χ1v) is 11.4. The van der Waals surface area contributed by atoms with Crippen molar-refractivity contribution in [3.8, 4) is 0 Å². The minimum atomic E-state index is -3.89. The van der Waals surface area contributed by atoms with Crippen LogP contribution in [0.25, 0.3) is 0 Å². The van der Waals surface area contributed by atoms with E-state index in [-0.39, 0.29) is 22.6 Å². The number of aryl methyl sites for hydroxylation is 2. The molecule has 0 saturated carbocycles. The number of benzene rings is 3. The fraction of sp³-hybridized carbons (Fsp3) is 0.250. The van der Waals surface area contributed by atoms with E-state index in [1.165, 1.54) is 18.2 Å². The molecule has 3 aromatic carbocycles. The fourth-order valence-electron chi connectivity index (χ4n) is 3.30. The number of hydrogen-bond acceptors (Lipinski definition) is 3. The molecule has 1 unspecified atom stereocenters. The smallest absolute Gasteiger partial charge is 0.266 e. The molecule has 3 nitrogen and oxygen atoms in total. The van der Waals surface area contributed by atoms with Crippen LogP contribution in [0.1, 0.15) is 34.8 Å². The third-order valence-corrected chi connectivity index (χ3v) is 6.37. The van der Waals surface area contributed by atoms with Gasteiger partial charge in [0.15, 0.2) is 17.5 Å². The molecule has 0 saturated heterocycles. The Kier molecular flexibility index (Phi) is 7.69. The molecule has 0 radical (unpaired) electrons. The van der Waals surface area contributed by atoms with Crippen molar-refractivity contribution in [3.05, 3.63) is 100 Å². The number of rotatable bonds is 9. The van der Waals surface area contributed by atoms with Crippen LogP contribution in [0.2, 0.25) is 0 Å². The Bertz CT molecular complexity index is 1180. The molecule has 0 aromatic heterocycles. The summed E-state index contributed by atoms with van der Waals surface area (Å²) in [6.45, 7) is 1.74. The van der Waals surface area contributed by atoms with Crippen LogP contribution >= 0.6 is 0 Å². The third-order valence-electron chi connectivity index (χ3n) is 5.05. The molecule has 0 aliphatic carbocycles. The minimum absolute atomic E-state index is 0.0564. The average molecular weight is 466 g/mol. The van der Waals surface area contributed by atoms with Gasteiger partial charge in [-0.05, 0) is 54.7 Å². The number of hydrogen-bond donors (Lipinski definition) is 0. The van der Waals surface area contributed by atoms with Gasteiger partial charge in [0.25, 0.3) is 10.1 Å². The predicted molar refractivity (Wildman–Crippen MR) is 113 cm³/mol. The molecule has 3 aromatic rings. The molecule has 0 bridgehead atoms. The molecule has 0 fully saturated rings. The molecule has 0 aliphatic rings. The van der Waals surface area contributed by atoms with E-state index in [4.69, 9.17) is 4.18 Å². The monoisotopic (exact) mass is 466 g/mol. The van der Waals surface area contributed by atoms with Crippen LogP contribution in [-0.2, 0) is 27.1 Å². The molecule has 170 valence electrons. The molecule has 3 rings (SSSR count). The zero-order chi connectivity index (χ0) is 23.3. The van der Waals surface area contributed by atoms with Crippen LogP contribution in [0.3, 0.4) is 0 Å². The first-order valence-electron chi connectivity index (χ1n) is 9.99. The summed E-state index contributed by atoms with van der Waals surface area (Å²) < 4.78 is 84.9. The highest BCUT2D eigenvalue weighted by molar-refractivity contribution is 7.86. The Morgan fingerprint density at radius 3 is 2.28 bits per heavy atom. The van der Waals surface area contributed by atoms with Crippen molar-refractivity contribution in [2.24, 2.45) is 0 Å². The molecule has 0 aliphatic heterocycles. The van der Waals surface area contributed by atoms with Gasteiger partial charge in [-0.1, -0.05) is 48.0 Å². The summed E-state index contributed by atoms with van der Waals surface area (Å²) in [5, 5.41) is 0. The van der Waals surface area contributed by atoms with Crippen molar-refractivity contribution in [3.63, 3.8) is 0 Å². The molecule has 1 atom stereocenters. The van der Waals surface area contributed by atoms with E-state index in [9.17, 15) is 26.0 Å². The van der Waals surface area contributed by atoms with Crippen molar-refractivity contribution in [1.82, 2.24) is 0 Å². The quantitative estimate of drug-likeness (QED) is 0.168. The minimum Gasteiger partial charge on any atom is -0.266 e. The van der Waals surface area contributed by atoms with E-state index < -0.39 is 40.2 Å². The number of halogens is 4. The summed E-state index contributed by atoms with van der Waals surface area (Å²) in [5.74, 6) is -4.36. The van der Waals surface area contributed by atoms with Gasteiger partial charge in [0.05, 0.1) is 11.5 Å². The summed E-state index contributed by atoms with van der Waals surface area (Å²) in [7, 11) is -3.89. The van der Waals surface area contributed by atoms with E-state index in [0.717, 1.165) is 17.7 Å². The first-order chi connectivity index (χ1) is 15.2. The van der Waals surface area contributed by atoms with Crippen molar-refractivity contribution in [2.45, 2.75) is 37.3 Å². The third kappa shape index (κ3) is 5.75. The van der Waals surface area contributed by atoms with Gasteiger partial charge in [0.1, 0.15) is 6.17 Å². The lowest BCUT2D eigenvalue weighted by Gasteiger charge is -2.15. The van der Waals surface area contributed by atoms with Crippen LogP contribution in [0.4, 0.5) is 17.6 Å². The van der Waals surface area contributed by atoms with E-state index >= 15 is 0 Å². The second kappa shape index (κ2) is 10.3. The maximum absolute atomic E-state index is 14.9. The molecule has 0 spiro atoms. The standard InChI is InChI=1S/C24H22F4O3S/c1-16-8-11-19(12-9-16)32(29,30)31-14-4-6-17-5-2-3-7-20(17)22(26)15-18-10-13-21(25)24(28)23(18)27/h2-3,5,7-13,22H,4,6,14-15H2,1H3. The zero-order valence-electron chi connectivity index (χ0n) is 17.3. The molecule has 0 amide bonds. The first kappa shape index (κ1) is 23.9. The van der Waals surface area contributed by atoms with Gasteiger partial charge >= 0.3 is 0 Å². The highest BCUT2D eigenvalue weighted by Gasteiger charge is 2.20. The zero-order valence-corrected chi connectivity index (χ0v) is 18.1. The maximum atomic E-state index is 14.9. The summed E-state index contributed by atoms with van der Waals surface area (Å²) in [4.78, 5) is 0.0564. The molecule has 0 heterocycles. The molecule has 0 N–H and O–H groups in total. The second-order valence-electron chi connectivity index (χ2n) is 7.40. The van der Waals surface area contributed by atoms with Gasteiger partial charge < -0.3 is 0 Å². The Morgan fingerprint density at radius 1 is 0.875 bits per heavy atom. The Hall–Kier alpha value is -2.71. The van der Waals surface area contributed by atoms with Crippen LogP contribution in [-0.4, -0.2) is 15.0 Å². The lowest BCUT2D eigenvalue weighted by molar-refractivity contribution is 0.309. The summed E-state index contributed by atoms with van der Waals surface area (Å²) in [6, 6.07) is 14.6. The van der Waals surface area contributed by atoms with Gasteiger partial charge in [-0.2, -0.15) is 8.42 Å². The number of alkyl halides is 1. The van der Waals surface area contributed by atoms with Crippen LogP contribution in [0, 0.1) is 24.4 Å². The maximum Gasteiger partial charge on any atom is 0.296 e. The Labute approximate surface area is 184 Å². The van der Waals surface area contributed by atoms with Gasteiger partial charge in [-0.15, -0.1) is 0 Å². The van der Waals surface area contributed by atoms with Crippen molar-refractivity contribution in [1.29, 1.82) is 0 Å². The van der Waals surface area contributed by atoms with Crippen LogP contribution in [0.15, 0.2) is 65.6 Å². The normalized spacial score (nSPS) is 12.7. The summed E-state index contributed by atoms with van der Waals surface area (Å²) in [6.07, 6.45) is -1.49. The Morgan fingerprint density at radius 2 is 1.56 bits per heavy atom. The highest BCUT2D eigenvalue weighted by atomic mass is 32.2. The topological polar surface area (TPSA) is 43.4 Å². The van der Waals surface area contributed by atoms with Gasteiger partial charge in [-0.25, -0.2) is 17.6 Å².